The second-order valence-electron chi connectivity index (χ2n) is 5.10. The van der Waals surface area contributed by atoms with Gasteiger partial charge in [0.1, 0.15) is 0 Å². The Morgan fingerprint density at radius 2 is 1.94 bits per heavy atom. The molecule has 0 spiro atoms. The molecular weight excluding hydrogens is 256 g/mol. The first kappa shape index (κ1) is 15.2. The van der Waals surface area contributed by atoms with Crippen LogP contribution in [0.15, 0.2) is 18.2 Å². The minimum atomic E-state index is -1.32. The SMILES string of the molecule is CCC(NS(=O)C(C)(C)C)c1cccc(F)c1F. The highest BCUT2D eigenvalue weighted by molar-refractivity contribution is 7.84. The Balaban J connectivity index is 2.97. The Morgan fingerprint density at radius 3 is 2.44 bits per heavy atom. The molecule has 2 atom stereocenters. The smallest absolute Gasteiger partial charge is 0.163 e. The van der Waals surface area contributed by atoms with Crippen molar-refractivity contribution in [3.05, 3.63) is 35.4 Å². The number of hydrogen-bond donors (Lipinski definition) is 1. The topological polar surface area (TPSA) is 29.1 Å². The van der Waals surface area contributed by atoms with Crippen molar-refractivity contribution in [1.82, 2.24) is 4.72 Å². The van der Waals surface area contributed by atoms with E-state index >= 15 is 0 Å². The van der Waals surface area contributed by atoms with Crippen LogP contribution in [0.5, 0.6) is 0 Å². The van der Waals surface area contributed by atoms with Crippen molar-refractivity contribution in [2.24, 2.45) is 0 Å². The van der Waals surface area contributed by atoms with Crippen LogP contribution in [0.2, 0.25) is 0 Å². The molecule has 0 heterocycles. The van der Waals surface area contributed by atoms with Crippen molar-refractivity contribution >= 4 is 11.0 Å². The van der Waals surface area contributed by atoms with Crippen LogP contribution in [-0.2, 0) is 11.0 Å². The summed E-state index contributed by atoms with van der Waals surface area (Å²) in [5, 5.41) is 0. The first-order valence-electron chi connectivity index (χ1n) is 5.89. The lowest BCUT2D eigenvalue weighted by Gasteiger charge is -2.24. The minimum Gasteiger partial charge on any atom is -0.242 e. The van der Waals surface area contributed by atoms with E-state index < -0.39 is 33.4 Å². The summed E-state index contributed by atoms with van der Waals surface area (Å²) in [6.45, 7) is 7.31. The molecule has 0 amide bonds. The van der Waals surface area contributed by atoms with Gasteiger partial charge in [-0.25, -0.2) is 17.7 Å². The normalized spacial score (nSPS) is 15.4. The summed E-state index contributed by atoms with van der Waals surface area (Å²) in [5.74, 6) is -1.75. The van der Waals surface area contributed by atoms with Crippen molar-refractivity contribution < 1.29 is 13.0 Å². The van der Waals surface area contributed by atoms with Gasteiger partial charge in [-0.15, -0.1) is 0 Å². The van der Waals surface area contributed by atoms with Gasteiger partial charge >= 0.3 is 0 Å². The van der Waals surface area contributed by atoms with Crippen LogP contribution in [0.1, 0.15) is 45.7 Å². The van der Waals surface area contributed by atoms with E-state index in [1.807, 2.05) is 27.7 Å². The van der Waals surface area contributed by atoms with Gasteiger partial charge in [-0.2, -0.15) is 0 Å². The molecule has 18 heavy (non-hydrogen) atoms. The van der Waals surface area contributed by atoms with Crippen molar-refractivity contribution in [2.45, 2.75) is 44.9 Å². The highest BCUT2D eigenvalue weighted by atomic mass is 32.2. The molecule has 102 valence electrons. The van der Waals surface area contributed by atoms with Gasteiger partial charge in [-0.05, 0) is 33.3 Å². The Morgan fingerprint density at radius 1 is 1.33 bits per heavy atom. The maximum absolute atomic E-state index is 13.7. The summed E-state index contributed by atoms with van der Waals surface area (Å²) in [4.78, 5) is 0. The molecule has 2 unspecified atom stereocenters. The number of nitrogens with one attached hydrogen (secondary N) is 1. The lowest BCUT2D eigenvalue weighted by Crippen LogP contribution is -2.35. The third-order valence-electron chi connectivity index (χ3n) is 2.57. The van der Waals surface area contributed by atoms with Gasteiger partial charge in [-0.3, -0.25) is 0 Å². The maximum atomic E-state index is 13.7. The average Bonchev–Trinajstić information content (AvgIpc) is 2.28. The molecule has 0 aliphatic rings. The van der Waals surface area contributed by atoms with E-state index in [1.165, 1.54) is 12.1 Å². The predicted octanol–water partition coefficient (Wildman–Crippen LogP) is 3.47. The lowest BCUT2D eigenvalue weighted by atomic mass is 10.0. The molecule has 0 saturated heterocycles. The molecule has 0 bridgehead atoms. The summed E-state index contributed by atoms with van der Waals surface area (Å²) in [7, 11) is -1.32. The van der Waals surface area contributed by atoms with E-state index in [-0.39, 0.29) is 5.56 Å². The fraction of sp³-hybridized carbons (Fsp3) is 0.538. The summed E-state index contributed by atoms with van der Waals surface area (Å²) >= 11 is 0. The van der Waals surface area contributed by atoms with Crippen LogP contribution in [-0.4, -0.2) is 8.96 Å². The van der Waals surface area contributed by atoms with E-state index in [4.69, 9.17) is 0 Å². The fourth-order valence-electron chi connectivity index (χ4n) is 1.46. The van der Waals surface area contributed by atoms with Crippen molar-refractivity contribution in [1.29, 1.82) is 0 Å². The van der Waals surface area contributed by atoms with Crippen molar-refractivity contribution in [3.8, 4) is 0 Å². The van der Waals surface area contributed by atoms with Crippen molar-refractivity contribution in [3.63, 3.8) is 0 Å². The Bertz CT molecular complexity index is 443. The highest BCUT2D eigenvalue weighted by Gasteiger charge is 2.24. The molecule has 1 aromatic carbocycles. The van der Waals surface area contributed by atoms with Crippen LogP contribution in [0.4, 0.5) is 8.78 Å². The van der Waals surface area contributed by atoms with E-state index in [2.05, 4.69) is 4.72 Å². The van der Waals surface area contributed by atoms with Gasteiger partial charge in [0.2, 0.25) is 0 Å². The summed E-state index contributed by atoms with van der Waals surface area (Å²) in [6.07, 6.45) is 0.530. The van der Waals surface area contributed by atoms with E-state index in [1.54, 1.807) is 0 Å². The molecule has 0 radical (unpaired) electrons. The fourth-order valence-corrected chi connectivity index (χ4v) is 2.37. The number of halogens is 2. The average molecular weight is 275 g/mol. The zero-order chi connectivity index (χ0) is 13.9. The third-order valence-corrected chi connectivity index (χ3v) is 4.18. The Kier molecular flexibility index (Phi) is 4.99. The zero-order valence-corrected chi connectivity index (χ0v) is 11.9. The van der Waals surface area contributed by atoms with Crippen LogP contribution >= 0.6 is 0 Å². The summed E-state index contributed by atoms with van der Waals surface area (Å²) < 4.78 is 41.2. The van der Waals surface area contributed by atoms with Gasteiger partial charge in [-0.1, -0.05) is 19.1 Å². The first-order chi connectivity index (χ1) is 8.27. The van der Waals surface area contributed by atoms with E-state index in [9.17, 15) is 13.0 Å². The molecule has 0 aliphatic carbocycles. The Hall–Kier alpha value is -0.810. The predicted molar refractivity (Wildman–Crippen MR) is 70.4 cm³/mol. The quantitative estimate of drug-likeness (QED) is 0.895. The van der Waals surface area contributed by atoms with Gasteiger partial charge in [0, 0.05) is 11.6 Å². The molecule has 0 saturated carbocycles. The number of rotatable bonds is 4. The van der Waals surface area contributed by atoms with Gasteiger partial charge < -0.3 is 0 Å². The second-order valence-corrected chi connectivity index (χ2v) is 7.10. The van der Waals surface area contributed by atoms with Gasteiger partial charge in [0.25, 0.3) is 0 Å². The molecule has 2 nitrogen and oxygen atoms in total. The second kappa shape index (κ2) is 5.89. The molecule has 0 aliphatic heterocycles. The largest absolute Gasteiger partial charge is 0.242 e. The van der Waals surface area contributed by atoms with Gasteiger partial charge in [0.15, 0.2) is 11.6 Å². The molecule has 1 rings (SSSR count). The third kappa shape index (κ3) is 3.59. The molecule has 1 aromatic rings. The highest BCUT2D eigenvalue weighted by Crippen LogP contribution is 2.23. The summed E-state index contributed by atoms with van der Waals surface area (Å²) in [5.41, 5.74) is 0.218. The number of hydrogen-bond acceptors (Lipinski definition) is 1. The monoisotopic (exact) mass is 275 g/mol. The minimum absolute atomic E-state index is 0.218. The van der Waals surface area contributed by atoms with E-state index in [0.717, 1.165) is 6.07 Å². The van der Waals surface area contributed by atoms with Crippen LogP contribution < -0.4 is 4.72 Å². The molecule has 1 N–H and O–H groups in total. The van der Waals surface area contributed by atoms with Gasteiger partial charge in [0.05, 0.1) is 15.7 Å². The molecule has 0 aromatic heterocycles. The number of benzene rings is 1. The van der Waals surface area contributed by atoms with E-state index in [0.29, 0.717) is 6.42 Å². The summed E-state index contributed by atoms with van der Waals surface area (Å²) in [6, 6.07) is 3.59. The Labute approximate surface area is 109 Å². The zero-order valence-electron chi connectivity index (χ0n) is 11.1. The van der Waals surface area contributed by atoms with Crippen molar-refractivity contribution in [2.75, 3.05) is 0 Å². The van der Waals surface area contributed by atoms with Crippen LogP contribution in [0.3, 0.4) is 0 Å². The molecule has 0 fully saturated rings. The van der Waals surface area contributed by atoms with Crippen LogP contribution in [0, 0.1) is 11.6 Å². The standard InChI is InChI=1S/C13H19F2NOS/c1-5-11(16-18(17)13(2,3)4)9-7-6-8-10(14)12(9)15/h6-8,11,16H,5H2,1-4H3. The first-order valence-corrected chi connectivity index (χ1v) is 7.04. The maximum Gasteiger partial charge on any atom is 0.163 e. The molecule has 5 heteroatoms. The lowest BCUT2D eigenvalue weighted by molar-refractivity contribution is 0.479. The van der Waals surface area contributed by atoms with Crippen LogP contribution in [0.25, 0.3) is 0 Å². The molecular formula is C13H19F2NOS.